The summed E-state index contributed by atoms with van der Waals surface area (Å²) in [7, 11) is 3.28. The summed E-state index contributed by atoms with van der Waals surface area (Å²) in [5.41, 5.74) is 3.83. The summed E-state index contributed by atoms with van der Waals surface area (Å²) >= 11 is 0. The molecule has 29 heavy (non-hydrogen) atoms. The third-order valence-corrected chi connectivity index (χ3v) is 5.16. The fourth-order valence-corrected chi connectivity index (χ4v) is 3.80. The number of carbonyl (C=O) groups is 1. The summed E-state index contributed by atoms with van der Waals surface area (Å²) in [4.78, 5) is 15.0. The van der Waals surface area contributed by atoms with Crippen molar-refractivity contribution < 1.29 is 19.4 Å². The molecule has 3 aromatic rings. The average Bonchev–Trinajstić information content (AvgIpc) is 3.28. The van der Waals surface area contributed by atoms with Gasteiger partial charge in [0, 0.05) is 31.4 Å². The van der Waals surface area contributed by atoms with Gasteiger partial charge in [0.05, 0.1) is 18.8 Å². The van der Waals surface area contributed by atoms with E-state index in [1.54, 1.807) is 38.5 Å². The average molecular weight is 393 g/mol. The summed E-state index contributed by atoms with van der Waals surface area (Å²) in [5, 5.41) is 17.0. The molecule has 1 amide bonds. The first-order valence-corrected chi connectivity index (χ1v) is 9.45. The molecule has 150 valence electrons. The van der Waals surface area contributed by atoms with Gasteiger partial charge in [-0.15, -0.1) is 0 Å². The highest BCUT2D eigenvalue weighted by Gasteiger charge is 2.41. The maximum absolute atomic E-state index is 13.2. The lowest BCUT2D eigenvalue weighted by atomic mass is 9.96. The molecule has 1 unspecified atom stereocenters. The second kappa shape index (κ2) is 7.97. The van der Waals surface area contributed by atoms with Gasteiger partial charge >= 0.3 is 0 Å². The van der Waals surface area contributed by atoms with Crippen LogP contribution in [0.3, 0.4) is 0 Å². The van der Waals surface area contributed by atoms with Crippen molar-refractivity contribution in [1.82, 2.24) is 15.1 Å². The molecule has 2 heterocycles. The maximum Gasteiger partial charge on any atom is 0.273 e. The van der Waals surface area contributed by atoms with E-state index < -0.39 is 0 Å². The van der Waals surface area contributed by atoms with Crippen molar-refractivity contribution in [3.05, 3.63) is 65.4 Å². The van der Waals surface area contributed by atoms with Crippen molar-refractivity contribution >= 4 is 5.91 Å². The molecule has 2 aromatic carbocycles. The van der Waals surface area contributed by atoms with E-state index in [4.69, 9.17) is 9.47 Å². The van der Waals surface area contributed by atoms with Gasteiger partial charge in [-0.3, -0.25) is 9.89 Å². The van der Waals surface area contributed by atoms with Gasteiger partial charge in [0.15, 0.2) is 0 Å². The van der Waals surface area contributed by atoms with E-state index in [0.717, 1.165) is 28.9 Å². The van der Waals surface area contributed by atoms with Gasteiger partial charge in [0.2, 0.25) is 0 Å². The highest BCUT2D eigenvalue weighted by Crippen LogP contribution is 2.43. The van der Waals surface area contributed by atoms with Crippen LogP contribution in [0.1, 0.15) is 34.1 Å². The summed E-state index contributed by atoms with van der Waals surface area (Å²) < 4.78 is 10.6. The number of hydrogen-bond acceptors (Lipinski definition) is 5. The Morgan fingerprint density at radius 1 is 1.17 bits per heavy atom. The molecule has 1 aliphatic rings. The van der Waals surface area contributed by atoms with E-state index in [0.29, 0.717) is 24.5 Å². The molecule has 0 saturated heterocycles. The van der Waals surface area contributed by atoms with Crippen LogP contribution in [-0.2, 0) is 4.74 Å². The lowest BCUT2D eigenvalue weighted by Gasteiger charge is -2.26. The number of nitrogens with one attached hydrogen (secondary N) is 1. The predicted molar refractivity (Wildman–Crippen MR) is 108 cm³/mol. The van der Waals surface area contributed by atoms with Crippen LogP contribution in [0.5, 0.6) is 11.5 Å². The molecule has 0 saturated carbocycles. The molecule has 0 radical (unpaired) electrons. The molecule has 0 aliphatic carbocycles. The van der Waals surface area contributed by atoms with Crippen LogP contribution in [0.25, 0.3) is 11.3 Å². The Bertz CT molecular complexity index is 1010. The highest BCUT2D eigenvalue weighted by atomic mass is 16.5. The van der Waals surface area contributed by atoms with Crippen molar-refractivity contribution in [2.24, 2.45) is 0 Å². The molecule has 0 spiro atoms. The van der Waals surface area contributed by atoms with Gasteiger partial charge in [-0.05, 0) is 48.4 Å². The number of phenols is 1. The Labute approximate surface area is 168 Å². The van der Waals surface area contributed by atoms with Crippen LogP contribution >= 0.6 is 0 Å². The zero-order valence-corrected chi connectivity index (χ0v) is 16.4. The zero-order chi connectivity index (χ0) is 20.4. The number of rotatable bonds is 7. The quantitative estimate of drug-likeness (QED) is 0.601. The minimum absolute atomic E-state index is 0.0820. The molecule has 7 heteroatoms. The van der Waals surface area contributed by atoms with Crippen LogP contribution < -0.4 is 4.74 Å². The molecule has 0 bridgehead atoms. The van der Waals surface area contributed by atoms with E-state index in [1.165, 1.54) is 0 Å². The van der Waals surface area contributed by atoms with Gasteiger partial charge < -0.3 is 19.5 Å². The number of fused-ring (bicyclic) bond motifs is 1. The van der Waals surface area contributed by atoms with Crippen LogP contribution in [0.15, 0.2) is 48.5 Å². The van der Waals surface area contributed by atoms with Crippen LogP contribution in [0.4, 0.5) is 0 Å². The standard InChI is InChI=1S/C22H23N3O4/c1-28-12-4-11-25-21(15-5-3-6-17(13-15)29-2)18-19(23-24-20(18)22(25)27)14-7-9-16(26)10-8-14/h3,5-10,13,21,26H,4,11-12H2,1-2H3,(H,23,24). The fraction of sp³-hybridized carbons (Fsp3) is 0.273. The number of H-pyrrole nitrogens is 1. The van der Waals surface area contributed by atoms with Crippen molar-refractivity contribution in [1.29, 1.82) is 0 Å². The molecule has 4 rings (SSSR count). The molecule has 2 N–H and O–H groups in total. The molecule has 1 atom stereocenters. The number of carbonyl (C=O) groups excluding carboxylic acids is 1. The Morgan fingerprint density at radius 3 is 2.69 bits per heavy atom. The highest BCUT2D eigenvalue weighted by molar-refractivity contribution is 6.00. The third kappa shape index (κ3) is 3.45. The number of nitrogens with zero attached hydrogens (tertiary/aromatic N) is 2. The molecule has 1 aromatic heterocycles. The van der Waals surface area contributed by atoms with E-state index in [-0.39, 0.29) is 17.7 Å². The van der Waals surface area contributed by atoms with Crippen molar-refractivity contribution in [2.75, 3.05) is 27.4 Å². The number of amides is 1. The van der Waals surface area contributed by atoms with Crippen LogP contribution in [0.2, 0.25) is 0 Å². The fourth-order valence-electron chi connectivity index (χ4n) is 3.80. The Hall–Kier alpha value is -3.32. The number of ether oxygens (including phenoxy) is 2. The molecule has 0 fully saturated rings. The Morgan fingerprint density at radius 2 is 1.97 bits per heavy atom. The van der Waals surface area contributed by atoms with Crippen molar-refractivity contribution in [3.8, 4) is 22.8 Å². The van der Waals surface area contributed by atoms with E-state index in [9.17, 15) is 9.90 Å². The number of aromatic amines is 1. The second-order valence-electron chi connectivity index (χ2n) is 6.93. The predicted octanol–water partition coefficient (Wildman–Crippen LogP) is 3.37. The summed E-state index contributed by atoms with van der Waals surface area (Å²) in [6, 6.07) is 14.3. The van der Waals surface area contributed by atoms with E-state index >= 15 is 0 Å². The first-order valence-electron chi connectivity index (χ1n) is 9.45. The number of methoxy groups -OCH3 is 2. The van der Waals surface area contributed by atoms with Gasteiger partial charge in [-0.2, -0.15) is 5.10 Å². The maximum atomic E-state index is 13.2. The molecular formula is C22H23N3O4. The SMILES string of the molecule is COCCCN1C(=O)c2[nH]nc(-c3ccc(O)cc3)c2C1c1cccc(OC)c1. The van der Waals surface area contributed by atoms with Crippen LogP contribution in [0, 0.1) is 0 Å². The van der Waals surface area contributed by atoms with Crippen molar-refractivity contribution in [2.45, 2.75) is 12.5 Å². The topological polar surface area (TPSA) is 87.7 Å². The number of hydrogen-bond donors (Lipinski definition) is 2. The minimum Gasteiger partial charge on any atom is -0.508 e. The Balaban J connectivity index is 1.82. The van der Waals surface area contributed by atoms with Gasteiger partial charge in [0.1, 0.15) is 17.2 Å². The summed E-state index contributed by atoms with van der Waals surface area (Å²) in [6.07, 6.45) is 0.731. The van der Waals surface area contributed by atoms with Crippen LogP contribution in [-0.4, -0.2) is 53.5 Å². The smallest absolute Gasteiger partial charge is 0.273 e. The number of aromatic hydroxyl groups is 1. The van der Waals surface area contributed by atoms with E-state index in [2.05, 4.69) is 10.2 Å². The summed E-state index contributed by atoms with van der Waals surface area (Å²) in [5.74, 6) is 0.832. The first-order chi connectivity index (χ1) is 14.1. The zero-order valence-electron chi connectivity index (χ0n) is 16.4. The first kappa shape index (κ1) is 19.0. The normalized spacial score (nSPS) is 15.6. The second-order valence-corrected chi connectivity index (χ2v) is 6.93. The molecule has 1 aliphatic heterocycles. The van der Waals surface area contributed by atoms with Gasteiger partial charge in [-0.25, -0.2) is 0 Å². The largest absolute Gasteiger partial charge is 0.508 e. The lowest BCUT2D eigenvalue weighted by Crippen LogP contribution is -2.31. The van der Waals surface area contributed by atoms with Crippen molar-refractivity contribution in [3.63, 3.8) is 0 Å². The third-order valence-electron chi connectivity index (χ3n) is 5.16. The Kier molecular flexibility index (Phi) is 5.22. The number of benzene rings is 2. The van der Waals surface area contributed by atoms with E-state index in [1.807, 2.05) is 29.2 Å². The number of aromatic nitrogens is 2. The number of phenolic OH excluding ortho intramolecular Hbond substituents is 1. The summed E-state index contributed by atoms with van der Waals surface area (Å²) in [6.45, 7) is 1.14. The van der Waals surface area contributed by atoms with Gasteiger partial charge in [-0.1, -0.05) is 12.1 Å². The molecular weight excluding hydrogens is 370 g/mol. The monoisotopic (exact) mass is 393 g/mol. The minimum atomic E-state index is -0.285. The van der Waals surface area contributed by atoms with Gasteiger partial charge in [0.25, 0.3) is 5.91 Å². The molecule has 7 nitrogen and oxygen atoms in total. The lowest BCUT2D eigenvalue weighted by molar-refractivity contribution is 0.0723.